The van der Waals surface area contributed by atoms with Gasteiger partial charge in [-0.05, 0) is 18.2 Å². The number of hydrogen-bond donors (Lipinski definition) is 0. The first kappa shape index (κ1) is 12.7. The number of hydrogen-bond acceptors (Lipinski definition) is 3. The molecular formula is C13H9Cl2N3. The second-order valence-electron chi connectivity index (χ2n) is 3.65. The largest absolute Gasteiger partial charge is 0.327 e. The second kappa shape index (κ2) is 5.26. The van der Waals surface area contributed by atoms with Crippen LogP contribution in [0.25, 0.3) is 0 Å². The van der Waals surface area contributed by atoms with Gasteiger partial charge in [0.1, 0.15) is 6.07 Å². The fourth-order valence-electron chi connectivity index (χ4n) is 1.63. The number of para-hydroxylation sites is 1. The number of pyridine rings is 1. The van der Waals surface area contributed by atoms with Crippen LogP contribution in [-0.4, -0.2) is 12.0 Å². The van der Waals surface area contributed by atoms with Gasteiger partial charge >= 0.3 is 0 Å². The van der Waals surface area contributed by atoms with E-state index in [1.54, 1.807) is 24.1 Å². The zero-order valence-electron chi connectivity index (χ0n) is 9.56. The third-order valence-electron chi connectivity index (χ3n) is 2.49. The molecule has 0 N–H and O–H groups in total. The molecule has 0 saturated carbocycles. The van der Waals surface area contributed by atoms with Gasteiger partial charge in [-0.3, -0.25) is 0 Å². The van der Waals surface area contributed by atoms with Gasteiger partial charge in [0.05, 0.1) is 21.3 Å². The Kier molecular flexibility index (Phi) is 3.71. The molecule has 0 aliphatic carbocycles. The lowest BCUT2D eigenvalue weighted by Gasteiger charge is -2.20. The van der Waals surface area contributed by atoms with Crippen LogP contribution >= 0.6 is 23.2 Å². The van der Waals surface area contributed by atoms with E-state index in [-0.39, 0.29) is 0 Å². The van der Waals surface area contributed by atoms with Crippen molar-refractivity contribution >= 4 is 34.7 Å². The van der Waals surface area contributed by atoms with Gasteiger partial charge in [0, 0.05) is 13.2 Å². The zero-order valence-corrected chi connectivity index (χ0v) is 11.1. The quantitative estimate of drug-likeness (QED) is 0.832. The number of halogens is 2. The maximum Gasteiger partial charge on any atom is 0.151 e. The number of anilines is 2. The third kappa shape index (κ3) is 2.40. The molecule has 0 atom stereocenters. The summed E-state index contributed by atoms with van der Waals surface area (Å²) < 4.78 is 0. The number of aromatic nitrogens is 1. The van der Waals surface area contributed by atoms with E-state index >= 15 is 0 Å². The lowest BCUT2D eigenvalue weighted by molar-refractivity contribution is 1.12. The molecule has 3 nitrogen and oxygen atoms in total. The van der Waals surface area contributed by atoms with Crippen molar-refractivity contribution in [1.82, 2.24) is 4.98 Å². The van der Waals surface area contributed by atoms with Gasteiger partial charge in [0.25, 0.3) is 0 Å². The molecule has 2 aromatic rings. The first-order valence-corrected chi connectivity index (χ1v) is 5.93. The minimum atomic E-state index is 0.442. The highest BCUT2D eigenvalue weighted by Gasteiger charge is 2.13. The average Bonchev–Trinajstić information content (AvgIpc) is 2.38. The summed E-state index contributed by atoms with van der Waals surface area (Å²) in [4.78, 5) is 5.94. The number of rotatable bonds is 2. The van der Waals surface area contributed by atoms with Gasteiger partial charge < -0.3 is 4.90 Å². The summed E-state index contributed by atoms with van der Waals surface area (Å²) in [6.07, 6.45) is 1.52. The summed E-state index contributed by atoms with van der Waals surface area (Å²) in [5, 5.41) is 10.00. The van der Waals surface area contributed by atoms with Crippen LogP contribution in [0.3, 0.4) is 0 Å². The van der Waals surface area contributed by atoms with Crippen molar-refractivity contribution in [3.8, 4) is 6.07 Å². The topological polar surface area (TPSA) is 39.9 Å². The van der Waals surface area contributed by atoms with Crippen LogP contribution in [0, 0.1) is 11.3 Å². The predicted molar refractivity (Wildman–Crippen MR) is 73.5 cm³/mol. The van der Waals surface area contributed by atoms with Gasteiger partial charge in [-0.15, -0.1) is 0 Å². The molecule has 1 heterocycles. The molecule has 0 saturated heterocycles. The Balaban J connectivity index is 2.48. The van der Waals surface area contributed by atoms with Gasteiger partial charge in [0.2, 0.25) is 0 Å². The summed E-state index contributed by atoms with van der Waals surface area (Å²) in [6.45, 7) is 0. The number of nitrogens with zero attached hydrogens (tertiary/aromatic N) is 3. The monoisotopic (exact) mass is 277 g/mol. The van der Waals surface area contributed by atoms with E-state index in [2.05, 4.69) is 11.1 Å². The molecule has 0 radical (unpaired) electrons. The van der Waals surface area contributed by atoms with Gasteiger partial charge in [-0.25, -0.2) is 4.98 Å². The highest BCUT2D eigenvalue weighted by molar-refractivity contribution is 6.36. The van der Waals surface area contributed by atoms with E-state index in [1.165, 1.54) is 6.20 Å². The van der Waals surface area contributed by atoms with E-state index in [0.717, 1.165) is 5.69 Å². The summed E-state index contributed by atoms with van der Waals surface area (Å²) in [7, 11) is 1.80. The Morgan fingerprint density at radius 3 is 2.67 bits per heavy atom. The Labute approximate surface area is 115 Å². The van der Waals surface area contributed by atoms with Crippen LogP contribution < -0.4 is 4.90 Å². The molecule has 0 amide bonds. The van der Waals surface area contributed by atoms with Crippen molar-refractivity contribution in [2.45, 2.75) is 0 Å². The van der Waals surface area contributed by atoms with Crippen LogP contribution in [0.2, 0.25) is 10.0 Å². The Bertz CT molecular complexity index is 620. The minimum Gasteiger partial charge on any atom is -0.327 e. The minimum absolute atomic E-state index is 0.442. The smallest absolute Gasteiger partial charge is 0.151 e. The van der Waals surface area contributed by atoms with Crippen LogP contribution in [-0.2, 0) is 0 Å². The SMILES string of the molecule is CN(c1ccccc1C#N)c1ncc(Cl)cc1Cl. The summed E-state index contributed by atoms with van der Waals surface area (Å²) in [6, 6.07) is 11.0. The van der Waals surface area contributed by atoms with Crippen molar-refractivity contribution in [2.75, 3.05) is 11.9 Å². The van der Waals surface area contributed by atoms with Crippen LogP contribution in [0.5, 0.6) is 0 Å². The van der Waals surface area contributed by atoms with Gasteiger partial charge in [-0.1, -0.05) is 35.3 Å². The molecule has 5 heteroatoms. The molecule has 0 fully saturated rings. The molecule has 18 heavy (non-hydrogen) atoms. The van der Waals surface area contributed by atoms with Gasteiger partial charge in [-0.2, -0.15) is 5.26 Å². The van der Waals surface area contributed by atoms with Crippen molar-refractivity contribution in [3.63, 3.8) is 0 Å². The lowest BCUT2D eigenvalue weighted by atomic mass is 10.2. The van der Waals surface area contributed by atoms with Crippen molar-refractivity contribution < 1.29 is 0 Å². The van der Waals surface area contributed by atoms with Crippen LogP contribution in [0.4, 0.5) is 11.5 Å². The molecule has 0 spiro atoms. The zero-order chi connectivity index (χ0) is 13.1. The van der Waals surface area contributed by atoms with E-state index in [0.29, 0.717) is 21.4 Å². The van der Waals surface area contributed by atoms with E-state index in [9.17, 15) is 0 Å². The molecule has 0 bridgehead atoms. The fourth-order valence-corrected chi connectivity index (χ4v) is 2.14. The normalized spacial score (nSPS) is 9.89. The van der Waals surface area contributed by atoms with Crippen molar-refractivity contribution in [3.05, 3.63) is 52.1 Å². The highest BCUT2D eigenvalue weighted by atomic mass is 35.5. The standard InChI is InChI=1S/C13H9Cl2N3/c1-18(12-5-3-2-4-9(12)7-16)13-11(15)6-10(14)8-17-13/h2-6,8H,1H3. The average molecular weight is 278 g/mol. The van der Waals surface area contributed by atoms with Crippen LogP contribution in [0.15, 0.2) is 36.5 Å². The lowest BCUT2D eigenvalue weighted by Crippen LogP contribution is -2.13. The Morgan fingerprint density at radius 1 is 1.28 bits per heavy atom. The number of benzene rings is 1. The molecule has 0 aliphatic heterocycles. The first-order valence-electron chi connectivity index (χ1n) is 5.17. The molecule has 90 valence electrons. The molecular weight excluding hydrogens is 269 g/mol. The first-order chi connectivity index (χ1) is 8.63. The molecule has 1 aromatic carbocycles. The van der Waals surface area contributed by atoms with E-state index in [1.807, 2.05) is 18.2 Å². The van der Waals surface area contributed by atoms with Crippen LogP contribution in [0.1, 0.15) is 5.56 Å². The Hall–Kier alpha value is -1.76. The van der Waals surface area contributed by atoms with Crippen molar-refractivity contribution in [1.29, 1.82) is 5.26 Å². The maximum atomic E-state index is 9.08. The van der Waals surface area contributed by atoms with E-state index < -0.39 is 0 Å². The summed E-state index contributed by atoms with van der Waals surface area (Å²) >= 11 is 11.9. The Morgan fingerprint density at radius 2 is 2.00 bits per heavy atom. The molecule has 0 aliphatic rings. The number of nitriles is 1. The summed E-state index contributed by atoms with van der Waals surface area (Å²) in [5.74, 6) is 0.559. The molecule has 0 unspecified atom stereocenters. The maximum absolute atomic E-state index is 9.08. The second-order valence-corrected chi connectivity index (χ2v) is 4.49. The van der Waals surface area contributed by atoms with E-state index in [4.69, 9.17) is 28.5 Å². The van der Waals surface area contributed by atoms with Crippen molar-refractivity contribution in [2.24, 2.45) is 0 Å². The fraction of sp³-hybridized carbons (Fsp3) is 0.0769. The highest BCUT2D eigenvalue weighted by Crippen LogP contribution is 2.31. The third-order valence-corrected chi connectivity index (χ3v) is 2.98. The predicted octanol–water partition coefficient (Wildman–Crippen LogP) is 4.03. The van der Waals surface area contributed by atoms with Gasteiger partial charge in [0.15, 0.2) is 5.82 Å². The molecule has 1 aromatic heterocycles. The summed E-state index contributed by atoms with van der Waals surface area (Å²) in [5.41, 5.74) is 1.31. The molecule has 2 rings (SSSR count).